The van der Waals surface area contributed by atoms with Crippen molar-refractivity contribution in [3.8, 4) is 11.1 Å². The second-order valence-electron chi connectivity index (χ2n) is 5.56. The second-order valence-corrected chi connectivity index (χ2v) is 6.40. The van der Waals surface area contributed by atoms with Crippen molar-refractivity contribution in [2.75, 3.05) is 6.61 Å². The summed E-state index contributed by atoms with van der Waals surface area (Å²) in [5, 5.41) is 12.9. The van der Waals surface area contributed by atoms with Gasteiger partial charge in [0.15, 0.2) is 0 Å². The molecule has 0 bridgehead atoms. The van der Waals surface area contributed by atoms with Gasteiger partial charge in [-0.25, -0.2) is 4.98 Å². The fourth-order valence-corrected chi connectivity index (χ4v) is 2.25. The molecule has 1 heterocycles. The molecule has 2 aromatic rings. The molecule has 116 valence electrons. The van der Waals surface area contributed by atoms with Crippen LogP contribution in [0.2, 0.25) is 10.0 Å². The SMILES string of the molecule is CC(C)(CO)NC(=O)c1cc(-c2cccc(Cl)c2)c(Cl)cn1. The third-order valence-electron chi connectivity index (χ3n) is 3.07. The zero-order valence-corrected chi connectivity index (χ0v) is 13.7. The standard InChI is InChI=1S/C16H16Cl2N2O2/c1-16(2,9-21)20-15(22)14-7-12(13(18)8-19-14)10-4-3-5-11(17)6-10/h3-8,21H,9H2,1-2H3,(H,20,22). The van der Waals surface area contributed by atoms with Crippen molar-refractivity contribution >= 4 is 29.1 Å². The van der Waals surface area contributed by atoms with E-state index >= 15 is 0 Å². The summed E-state index contributed by atoms with van der Waals surface area (Å²) in [4.78, 5) is 16.3. The average molecular weight is 339 g/mol. The van der Waals surface area contributed by atoms with E-state index in [2.05, 4.69) is 10.3 Å². The Hall–Kier alpha value is -1.62. The molecule has 6 heteroatoms. The molecule has 0 atom stereocenters. The highest BCUT2D eigenvalue weighted by molar-refractivity contribution is 6.33. The summed E-state index contributed by atoms with van der Waals surface area (Å²) in [5.74, 6) is -0.376. The fraction of sp³-hybridized carbons (Fsp3) is 0.250. The monoisotopic (exact) mass is 338 g/mol. The third-order valence-corrected chi connectivity index (χ3v) is 3.61. The molecule has 2 N–H and O–H groups in total. The van der Waals surface area contributed by atoms with Crippen molar-refractivity contribution in [1.82, 2.24) is 10.3 Å². The molecule has 0 radical (unpaired) electrons. The summed E-state index contributed by atoms with van der Waals surface area (Å²) >= 11 is 12.2. The number of aliphatic hydroxyl groups excluding tert-OH is 1. The van der Waals surface area contributed by atoms with Gasteiger partial charge in [0.1, 0.15) is 5.69 Å². The van der Waals surface area contributed by atoms with Crippen LogP contribution in [0.4, 0.5) is 0 Å². The van der Waals surface area contributed by atoms with Crippen LogP contribution in [-0.4, -0.2) is 28.1 Å². The lowest BCUT2D eigenvalue weighted by Gasteiger charge is -2.23. The maximum Gasteiger partial charge on any atom is 0.270 e. The van der Waals surface area contributed by atoms with Crippen LogP contribution in [0.15, 0.2) is 36.5 Å². The van der Waals surface area contributed by atoms with Crippen LogP contribution >= 0.6 is 23.2 Å². The number of hydrogen-bond acceptors (Lipinski definition) is 3. The van der Waals surface area contributed by atoms with Crippen molar-refractivity contribution in [3.63, 3.8) is 0 Å². The molecule has 0 saturated heterocycles. The molecule has 0 fully saturated rings. The van der Waals surface area contributed by atoms with Gasteiger partial charge in [-0.2, -0.15) is 0 Å². The third kappa shape index (κ3) is 3.97. The Morgan fingerprint density at radius 3 is 2.68 bits per heavy atom. The van der Waals surface area contributed by atoms with Crippen molar-refractivity contribution in [3.05, 3.63) is 52.3 Å². The molecule has 4 nitrogen and oxygen atoms in total. The van der Waals surface area contributed by atoms with Crippen molar-refractivity contribution in [1.29, 1.82) is 0 Å². The predicted molar refractivity (Wildman–Crippen MR) is 88.3 cm³/mol. The quantitative estimate of drug-likeness (QED) is 0.895. The minimum absolute atomic E-state index is 0.173. The molecule has 1 amide bonds. The number of aliphatic hydroxyl groups is 1. The molecule has 0 spiro atoms. The Labute approximate surface area is 139 Å². The highest BCUT2D eigenvalue weighted by atomic mass is 35.5. The number of nitrogens with zero attached hydrogens (tertiary/aromatic N) is 1. The maximum absolute atomic E-state index is 12.2. The number of nitrogens with one attached hydrogen (secondary N) is 1. The van der Waals surface area contributed by atoms with E-state index in [1.54, 1.807) is 32.0 Å². The molecule has 0 unspecified atom stereocenters. The highest BCUT2D eigenvalue weighted by Crippen LogP contribution is 2.29. The lowest BCUT2D eigenvalue weighted by Crippen LogP contribution is -2.46. The van der Waals surface area contributed by atoms with E-state index < -0.39 is 5.54 Å². The van der Waals surface area contributed by atoms with Gasteiger partial charge in [-0.15, -0.1) is 0 Å². The molecule has 0 aliphatic rings. The van der Waals surface area contributed by atoms with Crippen molar-refractivity contribution < 1.29 is 9.90 Å². The van der Waals surface area contributed by atoms with Crippen LogP contribution < -0.4 is 5.32 Å². The zero-order chi connectivity index (χ0) is 16.3. The van der Waals surface area contributed by atoms with Crippen LogP contribution in [0.25, 0.3) is 11.1 Å². The first kappa shape index (κ1) is 16.7. The van der Waals surface area contributed by atoms with E-state index in [1.165, 1.54) is 6.20 Å². The molecular weight excluding hydrogens is 323 g/mol. The van der Waals surface area contributed by atoms with E-state index in [9.17, 15) is 9.90 Å². The molecule has 0 aliphatic heterocycles. The van der Waals surface area contributed by atoms with Gasteiger partial charge >= 0.3 is 0 Å². The summed E-state index contributed by atoms with van der Waals surface area (Å²) in [7, 11) is 0. The Morgan fingerprint density at radius 1 is 1.32 bits per heavy atom. The number of rotatable bonds is 4. The number of amides is 1. The summed E-state index contributed by atoms with van der Waals surface area (Å²) in [6, 6.07) is 8.80. The second kappa shape index (κ2) is 6.65. The molecule has 1 aromatic heterocycles. The number of carbonyl (C=O) groups is 1. The van der Waals surface area contributed by atoms with Gasteiger partial charge in [-0.05, 0) is 37.6 Å². The van der Waals surface area contributed by atoms with E-state index in [-0.39, 0.29) is 18.2 Å². The van der Waals surface area contributed by atoms with Gasteiger partial charge in [0.05, 0.1) is 17.2 Å². The fourth-order valence-electron chi connectivity index (χ4n) is 1.85. The van der Waals surface area contributed by atoms with Crippen LogP contribution in [0, 0.1) is 0 Å². The summed E-state index contributed by atoms with van der Waals surface area (Å²) in [6.07, 6.45) is 1.43. The smallest absolute Gasteiger partial charge is 0.270 e. The van der Waals surface area contributed by atoms with Crippen LogP contribution in [-0.2, 0) is 0 Å². The summed E-state index contributed by atoms with van der Waals surface area (Å²) in [5.41, 5.74) is 0.969. The van der Waals surface area contributed by atoms with Gasteiger partial charge < -0.3 is 10.4 Å². The number of hydrogen-bond donors (Lipinski definition) is 2. The maximum atomic E-state index is 12.2. The molecule has 0 aliphatic carbocycles. The van der Waals surface area contributed by atoms with Crippen LogP contribution in [0.1, 0.15) is 24.3 Å². The normalized spacial score (nSPS) is 11.3. The number of carbonyl (C=O) groups excluding carboxylic acids is 1. The number of pyridine rings is 1. The van der Waals surface area contributed by atoms with Gasteiger partial charge in [0.25, 0.3) is 5.91 Å². The van der Waals surface area contributed by atoms with Gasteiger partial charge in [-0.1, -0.05) is 35.3 Å². The van der Waals surface area contributed by atoms with Gasteiger partial charge in [-0.3, -0.25) is 4.79 Å². The Kier molecular flexibility index (Phi) is 5.06. The Morgan fingerprint density at radius 2 is 2.05 bits per heavy atom. The first-order valence-electron chi connectivity index (χ1n) is 6.67. The van der Waals surface area contributed by atoms with E-state index in [4.69, 9.17) is 23.2 Å². The molecule has 2 rings (SSSR count). The Balaban J connectivity index is 2.37. The highest BCUT2D eigenvalue weighted by Gasteiger charge is 2.21. The van der Waals surface area contributed by atoms with Gasteiger partial charge in [0, 0.05) is 16.8 Å². The average Bonchev–Trinajstić information content (AvgIpc) is 2.47. The first-order chi connectivity index (χ1) is 10.3. The molecule has 22 heavy (non-hydrogen) atoms. The van der Waals surface area contributed by atoms with Crippen LogP contribution in [0.3, 0.4) is 0 Å². The first-order valence-corrected chi connectivity index (χ1v) is 7.43. The Bertz CT molecular complexity index is 702. The minimum Gasteiger partial charge on any atom is -0.394 e. The lowest BCUT2D eigenvalue weighted by molar-refractivity contribution is 0.0864. The van der Waals surface area contributed by atoms with Crippen molar-refractivity contribution in [2.45, 2.75) is 19.4 Å². The van der Waals surface area contributed by atoms with Crippen molar-refractivity contribution in [2.24, 2.45) is 0 Å². The van der Waals surface area contributed by atoms with E-state index in [0.717, 1.165) is 5.56 Å². The number of halogens is 2. The topological polar surface area (TPSA) is 62.2 Å². The van der Waals surface area contributed by atoms with E-state index in [1.807, 2.05) is 12.1 Å². The molecular formula is C16H16Cl2N2O2. The summed E-state index contributed by atoms with van der Waals surface area (Å²) < 4.78 is 0. The number of benzene rings is 1. The lowest BCUT2D eigenvalue weighted by atomic mass is 10.0. The van der Waals surface area contributed by atoms with Crippen LogP contribution in [0.5, 0.6) is 0 Å². The zero-order valence-electron chi connectivity index (χ0n) is 12.2. The van der Waals surface area contributed by atoms with E-state index in [0.29, 0.717) is 15.6 Å². The summed E-state index contributed by atoms with van der Waals surface area (Å²) in [6.45, 7) is 3.27. The largest absolute Gasteiger partial charge is 0.394 e. The molecule has 1 aromatic carbocycles. The minimum atomic E-state index is -0.728. The van der Waals surface area contributed by atoms with Gasteiger partial charge in [0.2, 0.25) is 0 Å². The molecule has 0 saturated carbocycles. The number of aromatic nitrogens is 1. The predicted octanol–water partition coefficient (Wildman–Crippen LogP) is 3.56.